The molecular formula is C13H14N4OS. The molecule has 2 N–H and O–H groups in total. The van der Waals surface area contributed by atoms with E-state index >= 15 is 0 Å². The summed E-state index contributed by atoms with van der Waals surface area (Å²) in [6.45, 7) is 0. The van der Waals surface area contributed by atoms with Crippen LogP contribution in [0.15, 0.2) is 18.3 Å². The molecule has 0 aliphatic heterocycles. The van der Waals surface area contributed by atoms with Crippen molar-refractivity contribution in [2.24, 2.45) is 0 Å². The molecule has 6 heteroatoms. The van der Waals surface area contributed by atoms with Crippen LogP contribution in [0.2, 0.25) is 0 Å². The van der Waals surface area contributed by atoms with Crippen molar-refractivity contribution < 1.29 is 4.79 Å². The third kappa shape index (κ3) is 2.44. The first-order valence-corrected chi connectivity index (χ1v) is 7.01. The summed E-state index contributed by atoms with van der Waals surface area (Å²) in [6, 6.07) is 3.52. The van der Waals surface area contributed by atoms with E-state index in [1.165, 1.54) is 11.3 Å². The summed E-state index contributed by atoms with van der Waals surface area (Å²) in [4.78, 5) is 21.9. The molecule has 98 valence electrons. The number of rotatable bonds is 3. The molecule has 2 aromatic rings. The minimum absolute atomic E-state index is 0.164. The molecule has 19 heavy (non-hydrogen) atoms. The summed E-state index contributed by atoms with van der Waals surface area (Å²) >= 11 is 1.58. The number of hydrogen-bond donors (Lipinski definition) is 2. The van der Waals surface area contributed by atoms with Crippen molar-refractivity contribution in [3.63, 3.8) is 0 Å². The summed E-state index contributed by atoms with van der Waals surface area (Å²) in [5.74, 6) is 0.576. The highest BCUT2D eigenvalue weighted by atomic mass is 32.1. The van der Waals surface area contributed by atoms with E-state index in [2.05, 4.69) is 20.6 Å². The first-order chi connectivity index (χ1) is 9.26. The van der Waals surface area contributed by atoms with E-state index in [-0.39, 0.29) is 5.91 Å². The van der Waals surface area contributed by atoms with Gasteiger partial charge < -0.3 is 5.32 Å². The van der Waals surface area contributed by atoms with Crippen LogP contribution in [-0.4, -0.2) is 22.9 Å². The van der Waals surface area contributed by atoms with Crippen LogP contribution < -0.4 is 10.6 Å². The Labute approximate surface area is 115 Å². The molecule has 0 spiro atoms. The Morgan fingerprint density at radius 2 is 2.26 bits per heavy atom. The second kappa shape index (κ2) is 4.97. The summed E-state index contributed by atoms with van der Waals surface area (Å²) in [6.07, 6.45) is 4.85. The number of thiazole rings is 1. The van der Waals surface area contributed by atoms with Crippen LogP contribution in [0.4, 0.5) is 10.9 Å². The molecule has 0 saturated carbocycles. The lowest BCUT2D eigenvalue weighted by Crippen LogP contribution is -2.12. The van der Waals surface area contributed by atoms with E-state index in [1.54, 1.807) is 36.7 Å². The maximum absolute atomic E-state index is 12.0. The number of amides is 1. The van der Waals surface area contributed by atoms with Gasteiger partial charge in [0.1, 0.15) is 5.82 Å². The number of aromatic nitrogens is 2. The van der Waals surface area contributed by atoms with E-state index < -0.39 is 0 Å². The van der Waals surface area contributed by atoms with Crippen LogP contribution in [0.3, 0.4) is 0 Å². The van der Waals surface area contributed by atoms with Crippen molar-refractivity contribution in [3.05, 3.63) is 34.5 Å². The molecule has 0 bridgehead atoms. The van der Waals surface area contributed by atoms with E-state index in [0.717, 1.165) is 24.4 Å². The third-order valence-electron chi connectivity index (χ3n) is 3.10. The number of nitrogens with one attached hydrogen (secondary N) is 2. The standard InChI is InChI=1S/C13H14N4OS/c1-14-11-6-5-8(7-15-11)12(18)17-13-16-9-3-2-4-10(9)19-13/h5-7H,2-4H2,1H3,(H,14,15)(H,16,17,18). The Kier molecular flexibility index (Phi) is 3.16. The van der Waals surface area contributed by atoms with Gasteiger partial charge in [-0.15, -0.1) is 11.3 Å². The minimum Gasteiger partial charge on any atom is -0.373 e. The summed E-state index contributed by atoms with van der Waals surface area (Å²) < 4.78 is 0. The summed E-state index contributed by atoms with van der Waals surface area (Å²) in [5, 5.41) is 6.44. The van der Waals surface area contributed by atoms with Crippen LogP contribution in [-0.2, 0) is 12.8 Å². The van der Waals surface area contributed by atoms with Gasteiger partial charge in [0.05, 0.1) is 11.3 Å². The topological polar surface area (TPSA) is 66.9 Å². The van der Waals surface area contributed by atoms with E-state index in [1.807, 2.05) is 0 Å². The predicted molar refractivity (Wildman–Crippen MR) is 75.9 cm³/mol. The molecule has 5 nitrogen and oxygen atoms in total. The Balaban J connectivity index is 1.72. The fourth-order valence-corrected chi connectivity index (χ4v) is 3.13. The maximum atomic E-state index is 12.0. The molecule has 1 aliphatic carbocycles. The van der Waals surface area contributed by atoms with Crippen LogP contribution in [0.1, 0.15) is 27.3 Å². The largest absolute Gasteiger partial charge is 0.373 e. The molecule has 1 aliphatic rings. The normalized spacial score (nSPS) is 13.1. The lowest BCUT2D eigenvalue weighted by molar-refractivity contribution is 0.102. The minimum atomic E-state index is -0.164. The smallest absolute Gasteiger partial charge is 0.259 e. The van der Waals surface area contributed by atoms with Gasteiger partial charge in [-0.2, -0.15) is 0 Å². The molecule has 0 saturated heterocycles. The highest BCUT2D eigenvalue weighted by Crippen LogP contribution is 2.30. The number of aryl methyl sites for hydroxylation is 2. The van der Waals surface area contributed by atoms with E-state index in [9.17, 15) is 4.79 Å². The zero-order valence-corrected chi connectivity index (χ0v) is 11.4. The number of carbonyl (C=O) groups is 1. The van der Waals surface area contributed by atoms with Gasteiger partial charge in [-0.25, -0.2) is 9.97 Å². The Morgan fingerprint density at radius 3 is 2.95 bits per heavy atom. The van der Waals surface area contributed by atoms with Gasteiger partial charge in [0.25, 0.3) is 5.91 Å². The molecule has 0 fully saturated rings. The number of fused-ring (bicyclic) bond motifs is 1. The fraction of sp³-hybridized carbons (Fsp3) is 0.308. The number of nitrogens with zero attached hydrogens (tertiary/aromatic N) is 2. The second-order valence-corrected chi connectivity index (χ2v) is 5.46. The lowest BCUT2D eigenvalue weighted by atomic mass is 10.2. The first-order valence-electron chi connectivity index (χ1n) is 6.20. The van der Waals surface area contributed by atoms with Gasteiger partial charge >= 0.3 is 0 Å². The number of pyridine rings is 1. The van der Waals surface area contributed by atoms with Gasteiger partial charge in [-0.05, 0) is 31.4 Å². The van der Waals surface area contributed by atoms with Crippen molar-refractivity contribution in [3.8, 4) is 0 Å². The Morgan fingerprint density at radius 1 is 1.37 bits per heavy atom. The molecule has 2 aromatic heterocycles. The molecule has 0 aromatic carbocycles. The van der Waals surface area contributed by atoms with Gasteiger partial charge in [0.2, 0.25) is 0 Å². The van der Waals surface area contributed by atoms with Crippen LogP contribution in [0, 0.1) is 0 Å². The highest BCUT2D eigenvalue weighted by Gasteiger charge is 2.18. The fourth-order valence-electron chi connectivity index (χ4n) is 2.09. The highest BCUT2D eigenvalue weighted by molar-refractivity contribution is 7.15. The van der Waals surface area contributed by atoms with Crippen molar-refractivity contribution in [1.29, 1.82) is 0 Å². The SMILES string of the molecule is CNc1ccc(C(=O)Nc2nc3c(s2)CCC3)cn1. The number of hydrogen-bond acceptors (Lipinski definition) is 5. The van der Waals surface area contributed by atoms with Gasteiger partial charge in [-0.1, -0.05) is 0 Å². The zero-order valence-electron chi connectivity index (χ0n) is 10.6. The second-order valence-electron chi connectivity index (χ2n) is 4.38. The maximum Gasteiger partial charge on any atom is 0.259 e. The van der Waals surface area contributed by atoms with Crippen LogP contribution in [0.25, 0.3) is 0 Å². The molecule has 1 amide bonds. The number of carbonyl (C=O) groups excluding carboxylic acids is 1. The monoisotopic (exact) mass is 274 g/mol. The zero-order chi connectivity index (χ0) is 13.2. The third-order valence-corrected chi connectivity index (χ3v) is 4.17. The lowest BCUT2D eigenvalue weighted by Gasteiger charge is -2.03. The predicted octanol–water partition coefficient (Wildman–Crippen LogP) is 2.32. The Hall–Kier alpha value is -1.95. The van der Waals surface area contributed by atoms with Gasteiger partial charge in [-0.3, -0.25) is 10.1 Å². The summed E-state index contributed by atoms with van der Waals surface area (Å²) in [5.41, 5.74) is 1.68. The van der Waals surface area contributed by atoms with E-state index in [0.29, 0.717) is 10.7 Å². The first kappa shape index (κ1) is 12.1. The van der Waals surface area contributed by atoms with Crippen molar-refractivity contribution in [2.75, 3.05) is 17.7 Å². The van der Waals surface area contributed by atoms with Gasteiger partial charge in [0.15, 0.2) is 5.13 Å². The summed E-state index contributed by atoms with van der Waals surface area (Å²) in [7, 11) is 1.79. The molecule has 3 rings (SSSR count). The molecule has 2 heterocycles. The van der Waals surface area contributed by atoms with Crippen molar-refractivity contribution in [2.45, 2.75) is 19.3 Å². The molecule has 0 radical (unpaired) electrons. The van der Waals surface area contributed by atoms with Crippen molar-refractivity contribution in [1.82, 2.24) is 9.97 Å². The molecule has 0 unspecified atom stereocenters. The Bertz CT molecular complexity index is 584. The molecule has 0 atom stereocenters. The average molecular weight is 274 g/mol. The van der Waals surface area contributed by atoms with E-state index in [4.69, 9.17) is 0 Å². The molecular weight excluding hydrogens is 260 g/mol. The van der Waals surface area contributed by atoms with Crippen LogP contribution in [0.5, 0.6) is 0 Å². The van der Waals surface area contributed by atoms with Crippen LogP contribution >= 0.6 is 11.3 Å². The quantitative estimate of drug-likeness (QED) is 0.901. The van der Waals surface area contributed by atoms with Gasteiger partial charge in [0, 0.05) is 18.1 Å². The average Bonchev–Trinajstić information content (AvgIpc) is 2.99. The number of anilines is 2. The van der Waals surface area contributed by atoms with Crippen molar-refractivity contribution >= 4 is 28.2 Å².